The van der Waals surface area contributed by atoms with E-state index in [1.54, 1.807) is 48.5 Å². The molecule has 178 valence electrons. The Morgan fingerprint density at radius 1 is 1.03 bits per heavy atom. The molecule has 7 nitrogen and oxygen atoms in total. The summed E-state index contributed by atoms with van der Waals surface area (Å²) in [5.41, 5.74) is 4.86. The summed E-state index contributed by atoms with van der Waals surface area (Å²) < 4.78 is 31.6. The molecule has 0 saturated carbocycles. The molecule has 0 aliphatic carbocycles. The average Bonchev–Trinajstić information content (AvgIpc) is 2.79. The number of hydrogen-bond acceptors (Lipinski definition) is 5. The molecule has 0 fully saturated rings. The van der Waals surface area contributed by atoms with Crippen LogP contribution in [0.5, 0.6) is 5.75 Å². The number of sulfonamides is 1. The number of nitrogens with zero attached hydrogens (tertiary/aromatic N) is 2. The van der Waals surface area contributed by atoms with E-state index in [9.17, 15) is 13.2 Å². The largest absolute Gasteiger partial charge is 0.491 e. The van der Waals surface area contributed by atoms with Crippen molar-refractivity contribution in [3.63, 3.8) is 0 Å². The zero-order valence-corrected chi connectivity index (χ0v) is 20.7. The molecule has 0 heterocycles. The smallest absolute Gasteiger partial charge is 0.271 e. The van der Waals surface area contributed by atoms with Crippen LogP contribution in [0, 0.1) is 0 Å². The number of hydrogen-bond donors (Lipinski definition) is 1. The minimum absolute atomic E-state index is 0.0899. The minimum Gasteiger partial charge on any atom is -0.491 e. The monoisotopic (exact) mass is 499 g/mol. The van der Waals surface area contributed by atoms with Gasteiger partial charge in [-0.25, -0.2) is 13.8 Å². The van der Waals surface area contributed by atoms with Gasteiger partial charge in [-0.1, -0.05) is 23.7 Å². The minimum atomic E-state index is -3.55. The Balaban J connectivity index is 1.65. The van der Waals surface area contributed by atoms with Crippen molar-refractivity contribution < 1.29 is 17.9 Å². The van der Waals surface area contributed by atoms with E-state index in [1.807, 2.05) is 38.1 Å². The summed E-state index contributed by atoms with van der Waals surface area (Å²) in [4.78, 5) is 12.4. The van der Waals surface area contributed by atoms with Crippen LogP contribution in [0.3, 0.4) is 0 Å². The van der Waals surface area contributed by atoms with Crippen LogP contribution in [0.4, 0.5) is 5.69 Å². The number of nitrogens with one attached hydrogen (secondary N) is 1. The van der Waals surface area contributed by atoms with E-state index < -0.39 is 15.9 Å². The second-order valence-corrected chi connectivity index (χ2v) is 10.2. The fourth-order valence-corrected chi connectivity index (χ4v) is 4.08. The Morgan fingerprint density at radius 3 is 2.21 bits per heavy atom. The summed E-state index contributed by atoms with van der Waals surface area (Å²) in [5, 5.41) is 4.56. The molecule has 3 aromatic carbocycles. The van der Waals surface area contributed by atoms with E-state index in [0.29, 0.717) is 16.3 Å². The van der Waals surface area contributed by atoms with Gasteiger partial charge in [0.1, 0.15) is 5.75 Å². The summed E-state index contributed by atoms with van der Waals surface area (Å²) in [6, 6.07) is 20.6. The highest BCUT2D eigenvalue weighted by molar-refractivity contribution is 7.92. The van der Waals surface area contributed by atoms with Gasteiger partial charge in [0, 0.05) is 10.6 Å². The molecular formula is C25H26ClN3O4S. The molecule has 0 radical (unpaired) electrons. The van der Waals surface area contributed by atoms with Crippen molar-refractivity contribution in [1.82, 2.24) is 5.43 Å². The lowest BCUT2D eigenvalue weighted by molar-refractivity contribution is 0.0955. The fraction of sp³-hybridized carbons (Fsp3) is 0.200. The summed E-state index contributed by atoms with van der Waals surface area (Å²) >= 11 is 5.91. The van der Waals surface area contributed by atoms with E-state index >= 15 is 0 Å². The highest BCUT2D eigenvalue weighted by Gasteiger charge is 2.18. The Bertz CT molecular complexity index is 1240. The molecular weight excluding hydrogens is 474 g/mol. The summed E-state index contributed by atoms with van der Waals surface area (Å²) in [6.45, 7) is 4.05. The number of rotatable bonds is 9. The van der Waals surface area contributed by atoms with E-state index in [0.717, 1.165) is 23.1 Å². The van der Waals surface area contributed by atoms with Crippen LogP contribution in [0.15, 0.2) is 77.9 Å². The maximum Gasteiger partial charge on any atom is 0.271 e. The van der Waals surface area contributed by atoms with Crippen molar-refractivity contribution in [1.29, 1.82) is 0 Å². The second kappa shape index (κ2) is 11.2. The topological polar surface area (TPSA) is 88.1 Å². The van der Waals surface area contributed by atoms with Crippen molar-refractivity contribution in [3.05, 3.63) is 94.5 Å². The first-order valence-corrected chi connectivity index (χ1v) is 12.8. The number of anilines is 1. The van der Waals surface area contributed by atoms with Gasteiger partial charge in [-0.3, -0.25) is 9.10 Å². The first-order chi connectivity index (χ1) is 16.1. The predicted octanol–water partition coefficient (Wildman–Crippen LogP) is 4.86. The highest BCUT2D eigenvalue weighted by Crippen LogP contribution is 2.22. The number of amides is 1. The molecule has 1 amide bonds. The van der Waals surface area contributed by atoms with Crippen molar-refractivity contribution in [2.75, 3.05) is 10.6 Å². The van der Waals surface area contributed by atoms with Gasteiger partial charge in [-0.15, -0.1) is 0 Å². The second-order valence-electron chi connectivity index (χ2n) is 7.88. The molecule has 1 N–H and O–H groups in total. The van der Waals surface area contributed by atoms with Gasteiger partial charge in [0.15, 0.2) is 0 Å². The van der Waals surface area contributed by atoms with Gasteiger partial charge in [-0.05, 0) is 85.6 Å². The van der Waals surface area contributed by atoms with Crippen LogP contribution in [0.2, 0.25) is 5.02 Å². The molecule has 0 aliphatic heterocycles. The Morgan fingerprint density at radius 2 is 1.65 bits per heavy atom. The molecule has 0 aliphatic rings. The van der Waals surface area contributed by atoms with Gasteiger partial charge in [0.2, 0.25) is 10.0 Å². The summed E-state index contributed by atoms with van der Waals surface area (Å²) in [6.07, 6.45) is 2.76. The standard InChI is InChI=1S/C25H26ClN3O4S/c1-18(2)33-24-14-6-19(7-15-24)16-27-28-25(30)21-8-12-23(13-9-21)29(34(3,31)32)17-20-4-10-22(26)11-5-20/h4-16,18H,17H2,1-3H3,(H,28,30)/b27-16-. The van der Waals surface area contributed by atoms with Gasteiger partial charge in [-0.2, -0.15) is 5.10 Å². The third kappa shape index (κ3) is 7.33. The molecule has 0 saturated heterocycles. The van der Waals surface area contributed by atoms with E-state index in [4.69, 9.17) is 16.3 Å². The van der Waals surface area contributed by atoms with Crippen LogP contribution >= 0.6 is 11.6 Å². The number of halogens is 1. The lowest BCUT2D eigenvalue weighted by Gasteiger charge is -2.22. The van der Waals surface area contributed by atoms with Crippen molar-refractivity contribution in [3.8, 4) is 5.75 Å². The lowest BCUT2D eigenvalue weighted by Crippen LogP contribution is -2.29. The van der Waals surface area contributed by atoms with Crippen LogP contribution in [-0.4, -0.2) is 32.9 Å². The van der Waals surface area contributed by atoms with Crippen LogP contribution in [0.1, 0.15) is 35.3 Å². The number of ether oxygens (including phenoxy) is 1. The van der Waals surface area contributed by atoms with Crippen molar-refractivity contribution in [2.45, 2.75) is 26.5 Å². The first-order valence-electron chi connectivity index (χ1n) is 10.5. The molecule has 0 unspecified atom stereocenters. The van der Waals surface area contributed by atoms with E-state index in [1.165, 1.54) is 10.5 Å². The molecule has 34 heavy (non-hydrogen) atoms. The molecule has 9 heteroatoms. The van der Waals surface area contributed by atoms with Crippen LogP contribution in [-0.2, 0) is 16.6 Å². The van der Waals surface area contributed by atoms with Gasteiger partial charge in [0.25, 0.3) is 5.91 Å². The van der Waals surface area contributed by atoms with Crippen LogP contribution < -0.4 is 14.5 Å². The SMILES string of the molecule is CC(C)Oc1ccc(/C=N\NC(=O)c2ccc(N(Cc3ccc(Cl)cc3)S(C)(=O)=O)cc2)cc1. The zero-order valence-electron chi connectivity index (χ0n) is 19.1. The first kappa shape index (κ1) is 25.3. The zero-order chi connectivity index (χ0) is 24.7. The van der Waals surface area contributed by atoms with Gasteiger partial charge in [0.05, 0.1) is 30.8 Å². The Labute approximate surface area is 205 Å². The summed E-state index contributed by atoms with van der Waals surface area (Å²) in [7, 11) is -3.55. The highest BCUT2D eigenvalue weighted by atomic mass is 35.5. The number of benzene rings is 3. The normalized spacial score (nSPS) is 11.6. The Kier molecular flexibility index (Phi) is 8.31. The maximum atomic E-state index is 12.4. The molecule has 3 rings (SSSR count). The summed E-state index contributed by atoms with van der Waals surface area (Å²) in [5.74, 6) is 0.349. The Hall–Kier alpha value is -3.36. The molecule has 0 aromatic heterocycles. The number of carbonyl (C=O) groups excluding carboxylic acids is 1. The van der Waals surface area contributed by atoms with E-state index in [2.05, 4.69) is 10.5 Å². The average molecular weight is 500 g/mol. The third-order valence-corrected chi connectivity index (χ3v) is 6.08. The molecule has 3 aromatic rings. The number of carbonyl (C=O) groups is 1. The quantitative estimate of drug-likeness (QED) is 0.336. The van der Waals surface area contributed by atoms with Crippen molar-refractivity contribution in [2.24, 2.45) is 5.10 Å². The maximum absolute atomic E-state index is 12.4. The molecule has 0 atom stereocenters. The molecule has 0 bridgehead atoms. The van der Waals surface area contributed by atoms with Gasteiger partial charge >= 0.3 is 0 Å². The fourth-order valence-electron chi connectivity index (χ4n) is 3.07. The molecule has 0 spiro atoms. The lowest BCUT2D eigenvalue weighted by atomic mass is 10.2. The van der Waals surface area contributed by atoms with E-state index in [-0.39, 0.29) is 12.6 Å². The number of hydrazone groups is 1. The van der Waals surface area contributed by atoms with Crippen molar-refractivity contribution >= 4 is 39.4 Å². The third-order valence-electron chi connectivity index (χ3n) is 4.69. The van der Waals surface area contributed by atoms with Gasteiger partial charge < -0.3 is 4.74 Å². The van der Waals surface area contributed by atoms with Crippen LogP contribution in [0.25, 0.3) is 0 Å². The predicted molar refractivity (Wildman–Crippen MR) is 136 cm³/mol.